The highest BCUT2D eigenvalue weighted by atomic mass is 127. The van der Waals surface area contributed by atoms with Crippen LogP contribution in [0.3, 0.4) is 0 Å². The highest BCUT2D eigenvalue weighted by Gasteiger charge is 2.09. The summed E-state index contributed by atoms with van der Waals surface area (Å²) < 4.78 is 26.0. The molecule has 0 atom stereocenters. The molecule has 1 nitrogen and oxygen atoms in total. The van der Waals surface area contributed by atoms with E-state index < -0.39 is 11.6 Å². The number of halogens is 3. The van der Waals surface area contributed by atoms with Gasteiger partial charge in [-0.3, -0.25) is 0 Å². The fourth-order valence-corrected chi connectivity index (χ4v) is 1.39. The maximum absolute atomic E-state index is 12.8. The molecule has 1 aromatic carbocycles. The zero-order valence-corrected chi connectivity index (χ0v) is 7.73. The van der Waals surface area contributed by atoms with Gasteiger partial charge in [-0.25, -0.2) is 8.78 Å². The first-order valence-corrected chi connectivity index (χ1v) is 4.07. The molecular weight excluding hydrogens is 263 g/mol. The van der Waals surface area contributed by atoms with Crippen LogP contribution in [0.15, 0.2) is 12.1 Å². The molecule has 0 aliphatic rings. The van der Waals surface area contributed by atoms with Gasteiger partial charge in [0, 0.05) is 15.7 Å². The average molecular weight is 269 g/mol. The maximum Gasteiger partial charge on any atom is 0.164 e. The monoisotopic (exact) mass is 269 g/mol. The topological polar surface area (TPSA) is 26.0 Å². The van der Waals surface area contributed by atoms with Crippen LogP contribution in [-0.2, 0) is 6.54 Å². The Balaban J connectivity index is 3.29. The minimum atomic E-state index is -0.842. The predicted octanol–water partition coefficient (Wildman–Crippen LogP) is 2.03. The third kappa shape index (κ3) is 1.67. The predicted molar refractivity (Wildman–Crippen MR) is 47.0 cm³/mol. The lowest BCUT2D eigenvalue weighted by Crippen LogP contribution is -2.04. The van der Waals surface area contributed by atoms with Crippen LogP contribution in [0, 0.1) is 15.2 Å². The molecule has 0 radical (unpaired) electrons. The van der Waals surface area contributed by atoms with E-state index in [1.54, 1.807) is 0 Å². The Morgan fingerprint density at radius 2 is 2.00 bits per heavy atom. The molecule has 0 aromatic heterocycles. The highest BCUT2D eigenvalue weighted by Crippen LogP contribution is 2.17. The van der Waals surface area contributed by atoms with E-state index in [1.807, 2.05) is 22.6 Å². The fraction of sp³-hybridized carbons (Fsp3) is 0.143. The van der Waals surface area contributed by atoms with E-state index in [1.165, 1.54) is 6.07 Å². The van der Waals surface area contributed by atoms with E-state index >= 15 is 0 Å². The molecule has 11 heavy (non-hydrogen) atoms. The van der Waals surface area contributed by atoms with Crippen molar-refractivity contribution in [2.24, 2.45) is 5.73 Å². The SMILES string of the molecule is NCc1c(I)ccc(F)c1F. The van der Waals surface area contributed by atoms with Gasteiger partial charge in [-0.2, -0.15) is 0 Å². The summed E-state index contributed by atoms with van der Waals surface area (Å²) in [7, 11) is 0. The second-order valence-electron chi connectivity index (χ2n) is 2.03. The van der Waals surface area contributed by atoms with Crippen molar-refractivity contribution in [2.45, 2.75) is 6.54 Å². The lowest BCUT2D eigenvalue weighted by Gasteiger charge is -2.02. The standard InChI is InChI=1S/C7H6F2IN/c8-5-1-2-6(10)4(3-11)7(5)9/h1-2H,3,11H2. The molecule has 60 valence electrons. The molecule has 1 aromatic rings. The van der Waals surface area contributed by atoms with Gasteiger partial charge in [0.25, 0.3) is 0 Å². The molecule has 1 rings (SSSR count). The summed E-state index contributed by atoms with van der Waals surface area (Å²) in [5.41, 5.74) is 5.45. The zero-order valence-electron chi connectivity index (χ0n) is 5.57. The minimum absolute atomic E-state index is 0.0296. The molecule has 0 saturated heterocycles. The van der Waals surface area contributed by atoms with Crippen LogP contribution < -0.4 is 5.73 Å². The fourth-order valence-electron chi connectivity index (χ4n) is 0.756. The lowest BCUT2D eigenvalue weighted by molar-refractivity contribution is 0.498. The van der Waals surface area contributed by atoms with Gasteiger partial charge >= 0.3 is 0 Å². The number of rotatable bonds is 1. The van der Waals surface area contributed by atoms with Crippen molar-refractivity contribution in [3.05, 3.63) is 32.9 Å². The first kappa shape index (κ1) is 8.86. The van der Waals surface area contributed by atoms with Gasteiger partial charge in [-0.05, 0) is 34.7 Å². The van der Waals surface area contributed by atoms with Crippen molar-refractivity contribution < 1.29 is 8.78 Å². The molecule has 4 heteroatoms. The number of nitrogens with two attached hydrogens (primary N) is 1. The summed E-state index contributed by atoms with van der Waals surface area (Å²) in [4.78, 5) is 0. The molecule has 0 saturated carbocycles. The van der Waals surface area contributed by atoms with Gasteiger partial charge in [0.1, 0.15) is 0 Å². The van der Waals surface area contributed by atoms with Crippen LogP contribution in [0.2, 0.25) is 0 Å². The molecule has 0 aliphatic heterocycles. The molecule has 0 heterocycles. The number of hydrogen-bond acceptors (Lipinski definition) is 1. The lowest BCUT2D eigenvalue weighted by atomic mass is 10.2. The second-order valence-corrected chi connectivity index (χ2v) is 3.19. The molecule has 0 bridgehead atoms. The third-order valence-corrected chi connectivity index (χ3v) is 2.35. The quantitative estimate of drug-likeness (QED) is 0.612. The van der Waals surface area contributed by atoms with E-state index in [0.717, 1.165) is 6.07 Å². The van der Waals surface area contributed by atoms with E-state index in [2.05, 4.69) is 0 Å². The van der Waals surface area contributed by atoms with Crippen molar-refractivity contribution in [1.82, 2.24) is 0 Å². The Morgan fingerprint density at radius 3 is 2.45 bits per heavy atom. The third-order valence-electron chi connectivity index (χ3n) is 1.34. The van der Waals surface area contributed by atoms with Crippen LogP contribution >= 0.6 is 22.6 Å². The Labute approximate surface area is 76.7 Å². The first-order chi connectivity index (χ1) is 5.16. The average Bonchev–Trinajstić information content (AvgIpc) is 1.99. The normalized spacial score (nSPS) is 10.2. The van der Waals surface area contributed by atoms with Crippen molar-refractivity contribution >= 4 is 22.6 Å². The highest BCUT2D eigenvalue weighted by molar-refractivity contribution is 14.1. The Morgan fingerprint density at radius 1 is 1.36 bits per heavy atom. The molecule has 0 fully saturated rings. The summed E-state index contributed by atoms with van der Waals surface area (Å²) >= 11 is 1.92. The van der Waals surface area contributed by atoms with Gasteiger partial charge < -0.3 is 5.73 Å². The van der Waals surface area contributed by atoms with E-state index in [0.29, 0.717) is 3.57 Å². The molecule has 0 aliphatic carbocycles. The van der Waals surface area contributed by atoms with Crippen LogP contribution in [-0.4, -0.2) is 0 Å². The van der Waals surface area contributed by atoms with Crippen molar-refractivity contribution in [3.63, 3.8) is 0 Å². The molecule has 0 amide bonds. The number of hydrogen-bond donors (Lipinski definition) is 1. The van der Waals surface area contributed by atoms with E-state index in [4.69, 9.17) is 5.73 Å². The van der Waals surface area contributed by atoms with Gasteiger partial charge in [0.15, 0.2) is 11.6 Å². The minimum Gasteiger partial charge on any atom is -0.326 e. The van der Waals surface area contributed by atoms with Crippen LogP contribution in [0.1, 0.15) is 5.56 Å². The summed E-state index contributed by atoms with van der Waals surface area (Å²) in [6, 6.07) is 2.59. The Bertz CT molecular complexity index is 275. The molecule has 2 N–H and O–H groups in total. The summed E-state index contributed by atoms with van der Waals surface area (Å²) in [5.74, 6) is -1.68. The van der Waals surface area contributed by atoms with E-state index in [9.17, 15) is 8.78 Å². The Kier molecular flexibility index (Phi) is 2.78. The van der Waals surface area contributed by atoms with Crippen molar-refractivity contribution in [1.29, 1.82) is 0 Å². The van der Waals surface area contributed by atoms with Gasteiger partial charge in [-0.15, -0.1) is 0 Å². The van der Waals surface area contributed by atoms with E-state index in [-0.39, 0.29) is 12.1 Å². The van der Waals surface area contributed by atoms with Gasteiger partial charge in [0.2, 0.25) is 0 Å². The van der Waals surface area contributed by atoms with Gasteiger partial charge in [-0.1, -0.05) is 0 Å². The van der Waals surface area contributed by atoms with Crippen LogP contribution in [0.5, 0.6) is 0 Å². The van der Waals surface area contributed by atoms with Gasteiger partial charge in [0.05, 0.1) is 0 Å². The smallest absolute Gasteiger partial charge is 0.164 e. The second kappa shape index (κ2) is 3.44. The summed E-state index contributed by atoms with van der Waals surface area (Å²) in [6.45, 7) is 0.0296. The summed E-state index contributed by atoms with van der Waals surface area (Å²) in [5, 5.41) is 0. The molecule has 0 unspecified atom stereocenters. The first-order valence-electron chi connectivity index (χ1n) is 2.99. The summed E-state index contributed by atoms with van der Waals surface area (Å²) in [6.07, 6.45) is 0. The van der Waals surface area contributed by atoms with Crippen molar-refractivity contribution in [3.8, 4) is 0 Å². The van der Waals surface area contributed by atoms with Crippen molar-refractivity contribution in [2.75, 3.05) is 0 Å². The van der Waals surface area contributed by atoms with Crippen LogP contribution in [0.4, 0.5) is 8.78 Å². The largest absolute Gasteiger partial charge is 0.326 e. The number of benzene rings is 1. The Hall–Kier alpha value is -0.230. The molecule has 0 spiro atoms. The molecular formula is C7H6F2IN. The zero-order chi connectivity index (χ0) is 8.43. The maximum atomic E-state index is 12.8. The van der Waals surface area contributed by atoms with Crippen LogP contribution in [0.25, 0.3) is 0 Å².